The number of benzene rings is 2. The summed E-state index contributed by atoms with van der Waals surface area (Å²) < 4.78 is 44.2. The molecule has 1 fully saturated rings. The van der Waals surface area contributed by atoms with Crippen LogP contribution in [0.2, 0.25) is 0 Å². The van der Waals surface area contributed by atoms with Gasteiger partial charge in [-0.05, 0) is 48.5 Å². The Kier molecular flexibility index (Phi) is 5.76. The van der Waals surface area contributed by atoms with Crippen LogP contribution in [-0.2, 0) is 14.8 Å². The van der Waals surface area contributed by atoms with Gasteiger partial charge >= 0.3 is 5.97 Å². The lowest BCUT2D eigenvalue weighted by Crippen LogP contribution is -2.50. The molecule has 0 spiro atoms. The molecule has 1 aliphatic rings. The number of halogens is 1. The van der Waals surface area contributed by atoms with E-state index in [0.717, 1.165) is 12.1 Å². The van der Waals surface area contributed by atoms with Crippen molar-refractivity contribution in [1.82, 2.24) is 9.21 Å². The van der Waals surface area contributed by atoms with Crippen molar-refractivity contribution in [2.75, 3.05) is 33.3 Å². The van der Waals surface area contributed by atoms with Crippen LogP contribution in [0.25, 0.3) is 0 Å². The predicted molar refractivity (Wildman–Crippen MR) is 98.8 cm³/mol. The minimum atomic E-state index is -3.73. The number of methoxy groups -OCH3 is 1. The molecule has 0 aromatic heterocycles. The third kappa shape index (κ3) is 4.05. The van der Waals surface area contributed by atoms with Gasteiger partial charge in [-0.25, -0.2) is 17.6 Å². The molecule has 2 aromatic rings. The summed E-state index contributed by atoms with van der Waals surface area (Å²) in [7, 11) is -2.45. The lowest BCUT2D eigenvalue weighted by atomic mass is 10.1. The predicted octanol–water partition coefficient (Wildman–Crippen LogP) is 1.76. The molecule has 148 valence electrons. The molecule has 1 aliphatic heterocycles. The SMILES string of the molecule is COC(=O)c1ccc(C(=O)N2CCN(S(=O)(=O)c3ccc(F)cc3)CC2)cc1. The van der Waals surface area contributed by atoms with E-state index in [2.05, 4.69) is 4.74 Å². The van der Waals surface area contributed by atoms with Gasteiger partial charge in [0.05, 0.1) is 17.6 Å². The Morgan fingerprint density at radius 3 is 1.96 bits per heavy atom. The van der Waals surface area contributed by atoms with E-state index in [9.17, 15) is 22.4 Å². The maximum absolute atomic E-state index is 13.0. The zero-order valence-corrected chi connectivity index (χ0v) is 16.0. The number of carbonyl (C=O) groups is 2. The van der Waals surface area contributed by atoms with Crippen LogP contribution in [0.3, 0.4) is 0 Å². The normalized spacial score (nSPS) is 15.3. The smallest absolute Gasteiger partial charge is 0.337 e. The Morgan fingerprint density at radius 1 is 0.893 bits per heavy atom. The molecule has 1 saturated heterocycles. The molecular weight excluding hydrogens is 387 g/mol. The number of nitrogens with zero attached hydrogens (tertiary/aromatic N) is 2. The second kappa shape index (κ2) is 8.07. The van der Waals surface area contributed by atoms with Gasteiger partial charge in [-0.15, -0.1) is 0 Å². The largest absolute Gasteiger partial charge is 0.465 e. The first-order valence-electron chi connectivity index (χ1n) is 8.56. The van der Waals surface area contributed by atoms with Gasteiger partial charge < -0.3 is 9.64 Å². The average molecular weight is 406 g/mol. The number of esters is 1. The molecule has 0 unspecified atom stereocenters. The summed E-state index contributed by atoms with van der Waals surface area (Å²) in [5, 5.41) is 0. The van der Waals surface area contributed by atoms with E-state index in [1.54, 1.807) is 4.90 Å². The summed E-state index contributed by atoms with van der Waals surface area (Å²) in [6.45, 7) is 0.757. The third-order valence-electron chi connectivity index (χ3n) is 4.53. The number of hydrogen-bond acceptors (Lipinski definition) is 5. The zero-order chi connectivity index (χ0) is 20.3. The van der Waals surface area contributed by atoms with Gasteiger partial charge in [0.1, 0.15) is 5.82 Å². The number of carbonyl (C=O) groups excluding carboxylic acids is 2. The second-order valence-electron chi connectivity index (χ2n) is 6.22. The van der Waals surface area contributed by atoms with Gasteiger partial charge in [-0.2, -0.15) is 4.31 Å². The van der Waals surface area contributed by atoms with Gasteiger partial charge in [0.25, 0.3) is 5.91 Å². The standard InChI is InChI=1S/C19H19FN2O5S/c1-27-19(24)15-4-2-14(3-5-15)18(23)21-10-12-22(13-11-21)28(25,26)17-8-6-16(20)7-9-17/h2-9H,10-13H2,1H3. The van der Waals surface area contributed by atoms with Crippen LogP contribution in [0.15, 0.2) is 53.4 Å². The first-order chi connectivity index (χ1) is 13.3. The highest BCUT2D eigenvalue weighted by atomic mass is 32.2. The van der Waals surface area contributed by atoms with E-state index in [-0.39, 0.29) is 37.0 Å². The molecule has 0 bridgehead atoms. The van der Waals surface area contributed by atoms with Crippen molar-refractivity contribution in [2.45, 2.75) is 4.90 Å². The van der Waals surface area contributed by atoms with Crippen molar-refractivity contribution < 1.29 is 27.1 Å². The summed E-state index contributed by atoms with van der Waals surface area (Å²) >= 11 is 0. The molecule has 1 amide bonds. The molecular formula is C19H19FN2O5S. The molecule has 0 saturated carbocycles. The Morgan fingerprint density at radius 2 is 1.43 bits per heavy atom. The van der Waals surface area contributed by atoms with E-state index in [1.807, 2.05) is 0 Å². The molecule has 0 radical (unpaired) electrons. The highest BCUT2D eigenvalue weighted by molar-refractivity contribution is 7.89. The van der Waals surface area contributed by atoms with Crippen molar-refractivity contribution in [3.8, 4) is 0 Å². The monoisotopic (exact) mass is 406 g/mol. The highest BCUT2D eigenvalue weighted by Crippen LogP contribution is 2.19. The Labute approximate surface area is 162 Å². The Bertz CT molecular complexity index is 966. The first-order valence-corrected chi connectivity index (χ1v) is 10.0. The summed E-state index contributed by atoms with van der Waals surface area (Å²) in [6, 6.07) is 10.8. The average Bonchev–Trinajstić information content (AvgIpc) is 2.73. The van der Waals surface area contributed by atoms with Crippen LogP contribution < -0.4 is 0 Å². The number of hydrogen-bond donors (Lipinski definition) is 0. The molecule has 2 aromatic carbocycles. The molecule has 1 heterocycles. The summed E-state index contributed by atoms with van der Waals surface area (Å²) in [6.07, 6.45) is 0. The van der Waals surface area contributed by atoms with E-state index >= 15 is 0 Å². The molecule has 9 heteroatoms. The topological polar surface area (TPSA) is 84.0 Å². The van der Waals surface area contributed by atoms with Gasteiger partial charge in [0.15, 0.2) is 0 Å². The Balaban J connectivity index is 1.65. The van der Waals surface area contributed by atoms with Gasteiger partial charge in [0, 0.05) is 31.7 Å². The van der Waals surface area contributed by atoms with Crippen LogP contribution in [-0.4, -0.2) is 62.8 Å². The summed E-state index contributed by atoms with van der Waals surface area (Å²) in [5.74, 6) is -1.23. The van der Waals surface area contributed by atoms with Crippen LogP contribution in [0.1, 0.15) is 20.7 Å². The lowest BCUT2D eigenvalue weighted by Gasteiger charge is -2.34. The number of ether oxygens (including phenoxy) is 1. The van der Waals surface area contributed by atoms with Crippen molar-refractivity contribution in [3.05, 3.63) is 65.5 Å². The van der Waals surface area contributed by atoms with Crippen molar-refractivity contribution in [3.63, 3.8) is 0 Å². The lowest BCUT2D eigenvalue weighted by molar-refractivity contribution is 0.0599. The minimum Gasteiger partial charge on any atom is -0.465 e. The van der Waals surface area contributed by atoms with E-state index in [1.165, 1.54) is 47.8 Å². The maximum atomic E-state index is 13.0. The number of amides is 1. The number of rotatable bonds is 4. The quantitative estimate of drug-likeness (QED) is 0.723. The fraction of sp³-hybridized carbons (Fsp3) is 0.263. The van der Waals surface area contributed by atoms with Gasteiger partial charge in [0.2, 0.25) is 10.0 Å². The van der Waals surface area contributed by atoms with Crippen LogP contribution in [0.5, 0.6) is 0 Å². The molecule has 7 nitrogen and oxygen atoms in total. The molecule has 0 N–H and O–H groups in total. The summed E-state index contributed by atoms with van der Waals surface area (Å²) in [4.78, 5) is 25.7. The van der Waals surface area contributed by atoms with Crippen molar-refractivity contribution in [1.29, 1.82) is 0 Å². The van der Waals surface area contributed by atoms with Crippen molar-refractivity contribution >= 4 is 21.9 Å². The zero-order valence-electron chi connectivity index (χ0n) is 15.2. The fourth-order valence-electron chi connectivity index (χ4n) is 2.94. The Hall–Kier alpha value is -2.78. The molecule has 3 rings (SSSR count). The third-order valence-corrected chi connectivity index (χ3v) is 6.44. The van der Waals surface area contributed by atoms with E-state index < -0.39 is 21.8 Å². The highest BCUT2D eigenvalue weighted by Gasteiger charge is 2.30. The molecule has 0 atom stereocenters. The van der Waals surface area contributed by atoms with Gasteiger partial charge in [-0.1, -0.05) is 0 Å². The molecule has 28 heavy (non-hydrogen) atoms. The minimum absolute atomic E-state index is 0.0204. The second-order valence-corrected chi connectivity index (χ2v) is 8.16. The van der Waals surface area contributed by atoms with Crippen molar-refractivity contribution in [2.24, 2.45) is 0 Å². The maximum Gasteiger partial charge on any atom is 0.337 e. The van der Waals surface area contributed by atoms with Gasteiger partial charge in [-0.3, -0.25) is 4.79 Å². The molecule has 0 aliphatic carbocycles. The van der Waals surface area contributed by atoms with Crippen LogP contribution in [0.4, 0.5) is 4.39 Å². The number of piperazine rings is 1. The first kappa shape index (κ1) is 20.0. The fourth-order valence-corrected chi connectivity index (χ4v) is 4.36. The van der Waals surface area contributed by atoms with E-state index in [0.29, 0.717) is 11.1 Å². The number of sulfonamides is 1. The van der Waals surface area contributed by atoms with Crippen LogP contribution >= 0.6 is 0 Å². The van der Waals surface area contributed by atoms with E-state index in [4.69, 9.17) is 0 Å². The van der Waals surface area contributed by atoms with Crippen LogP contribution in [0, 0.1) is 5.82 Å². The summed E-state index contributed by atoms with van der Waals surface area (Å²) in [5.41, 5.74) is 0.747.